The summed E-state index contributed by atoms with van der Waals surface area (Å²) in [6.07, 6.45) is 4.21. The maximum absolute atomic E-state index is 9.12. The molecule has 1 N–H and O–H groups in total. The zero-order valence-electron chi connectivity index (χ0n) is 14.4. The fourth-order valence-electron chi connectivity index (χ4n) is 2.82. The number of pyridine rings is 1. The molecule has 1 saturated carbocycles. The van der Waals surface area contributed by atoms with E-state index in [4.69, 9.17) is 14.6 Å². The van der Waals surface area contributed by atoms with Gasteiger partial charge in [0.25, 0.3) is 5.19 Å². The molecule has 1 aliphatic rings. The first-order chi connectivity index (χ1) is 12.8. The second-order valence-electron chi connectivity index (χ2n) is 6.22. The van der Waals surface area contributed by atoms with Crippen molar-refractivity contribution in [1.82, 2.24) is 14.9 Å². The van der Waals surface area contributed by atoms with Crippen LogP contribution in [-0.4, -0.2) is 52.3 Å². The molecule has 7 heteroatoms. The van der Waals surface area contributed by atoms with Gasteiger partial charge in [-0.25, -0.2) is 9.97 Å². The molecule has 2 aromatic heterocycles. The molecule has 6 nitrogen and oxygen atoms in total. The van der Waals surface area contributed by atoms with Crippen molar-refractivity contribution in [2.45, 2.75) is 18.9 Å². The zero-order valence-corrected chi connectivity index (χ0v) is 15.2. The van der Waals surface area contributed by atoms with E-state index in [1.54, 1.807) is 6.20 Å². The van der Waals surface area contributed by atoms with Crippen LogP contribution < -0.4 is 9.47 Å². The molecule has 0 aliphatic heterocycles. The Balaban J connectivity index is 1.30. The summed E-state index contributed by atoms with van der Waals surface area (Å²) in [6.45, 7) is 2.37. The highest BCUT2D eigenvalue weighted by atomic mass is 32.1. The van der Waals surface area contributed by atoms with E-state index in [1.165, 1.54) is 24.2 Å². The summed E-state index contributed by atoms with van der Waals surface area (Å²) in [5, 5.41) is 9.70. The number of thiazole rings is 1. The third-order valence-corrected chi connectivity index (χ3v) is 5.13. The zero-order chi connectivity index (χ0) is 17.8. The molecule has 0 spiro atoms. The lowest BCUT2D eigenvalue weighted by molar-refractivity contribution is 0.162. The first kappa shape index (κ1) is 17.2. The number of aromatic nitrogens is 2. The number of benzene rings is 1. The van der Waals surface area contributed by atoms with E-state index >= 15 is 0 Å². The molecule has 0 radical (unpaired) electrons. The predicted molar refractivity (Wildman–Crippen MR) is 101 cm³/mol. The molecule has 4 rings (SSSR count). The molecular weight excluding hydrogens is 350 g/mol. The molecular formula is C19H21N3O3S. The maximum Gasteiger partial charge on any atom is 0.281 e. The van der Waals surface area contributed by atoms with Crippen LogP contribution in [0.1, 0.15) is 12.8 Å². The molecule has 0 saturated heterocycles. The van der Waals surface area contributed by atoms with E-state index in [0.29, 0.717) is 17.8 Å². The Labute approximate surface area is 156 Å². The quantitative estimate of drug-likeness (QED) is 0.622. The minimum absolute atomic E-state index is 0.198. The van der Waals surface area contributed by atoms with Gasteiger partial charge in [-0.3, -0.25) is 4.90 Å². The van der Waals surface area contributed by atoms with Crippen molar-refractivity contribution in [2.75, 3.05) is 26.3 Å². The van der Waals surface area contributed by atoms with Crippen LogP contribution >= 0.6 is 11.3 Å². The SMILES string of the molecule is OCCN(CCOc1ccc(Oc2nc3cccnc3s2)cc1)C1CC1. The van der Waals surface area contributed by atoms with Gasteiger partial charge in [0.15, 0.2) is 0 Å². The van der Waals surface area contributed by atoms with Gasteiger partial charge in [-0.1, -0.05) is 11.3 Å². The van der Waals surface area contributed by atoms with Crippen molar-refractivity contribution in [3.05, 3.63) is 42.6 Å². The molecule has 1 aromatic carbocycles. The number of ether oxygens (including phenoxy) is 2. The van der Waals surface area contributed by atoms with Crippen LogP contribution in [0.15, 0.2) is 42.6 Å². The van der Waals surface area contributed by atoms with Crippen LogP contribution in [0.2, 0.25) is 0 Å². The minimum Gasteiger partial charge on any atom is -0.492 e. The molecule has 1 fully saturated rings. The van der Waals surface area contributed by atoms with Crippen LogP contribution in [0.4, 0.5) is 0 Å². The Hall–Kier alpha value is -2.22. The summed E-state index contributed by atoms with van der Waals surface area (Å²) in [4.78, 5) is 11.8. The lowest BCUT2D eigenvalue weighted by atomic mass is 10.3. The molecule has 0 amide bonds. The van der Waals surface area contributed by atoms with Gasteiger partial charge in [-0.05, 0) is 49.2 Å². The molecule has 3 aromatic rings. The van der Waals surface area contributed by atoms with Crippen molar-refractivity contribution >= 4 is 21.7 Å². The summed E-state index contributed by atoms with van der Waals surface area (Å²) >= 11 is 1.42. The number of aliphatic hydroxyl groups is 1. The van der Waals surface area contributed by atoms with Crippen LogP contribution in [0.25, 0.3) is 10.3 Å². The van der Waals surface area contributed by atoms with Crippen LogP contribution in [-0.2, 0) is 0 Å². The Morgan fingerprint density at radius 1 is 1.12 bits per heavy atom. The van der Waals surface area contributed by atoms with Gasteiger partial charge >= 0.3 is 0 Å². The summed E-state index contributed by atoms with van der Waals surface area (Å²) < 4.78 is 11.6. The fraction of sp³-hybridized carbons (Fsp3) is 0.368. The molecule has 0 atom stereocenters. The predicted octanol–water partition coefficient (Wildman–Crippen LogP) is 3.32. The van der Waals surface area contributed by atoms with Crippen molar-refractivity contribution < 1.29 is 14.6 Å². The Kier molecular flexibility index (Phi) is 5.29. The standard InChI is InChI=1S/C19H21N3O3S/c23-12-10-22(14-3-4-14)11-13-24-15-5-7-16(8-6-15)25-19-21-17-2-1-9-20-18(17)26-19/h1-2,5-9,14,23H,3-4,10-13H2. The second kappa shape index (κ2) is 7.99. The van der Waals surface area contributed by atoms with Crippen LogP contribution in [0.5, 0.6) is 16.7 Å². The van der Waals surface area contributed by atoms with Crippen LogP contribution in [0, 0.1) is 0 Å². The van der Waals surface area contributed by atoms with Crippen molar-refractivity contribution in [3.63, 3.8) is 0 Å². The highest BCUT2D eigenvalue weighted by Gasteiger charge is 2.28. The number of aliphatic hydroxyl groups excluding tert-OH is 1. The normalized spacial score (nSPS) is 14.1. The first-order valence-corrected chi connectivity index (χ1v) is 9.60. The van der Waals surface area contributed by atoms with Crippen molar-refractivity contribution in [1.29, 1.82) is 0 Å². The number of fused-ring (bicyclic) bond motifs is 1. The highest BCUT2D eigenvalue weighted by molar-refractivity contribution is 7.19. The molecule has 26 heavy (non-hydrogen) atoms. The number of hydrogen-bond acceptors (Lipinski definition) is 7. The monoisotopic (exact) mass is 371 g/mol. The number of rotatable bonds is 9. The van der Waals surface area contributed by atoms with Gasteiger partial charge in [0, 0.05) is 25.3 Å². The van der Waals surface area contributed by atoms with Gasteiger partial charge in [0.2, 0.25) is 0 Å². The third-order valence-electron chi connectivity index (χ3n) is 4.27. The smallest absolute Gasteiger partial charge is 0.281 e. The van der Waals surface area contributed by atoms with E-state index in [1.807, 2.05) is 36.4 Å². The third kappa shape index (κ3) is 4.30. The maximum atomic E-state index is 9.12. The molecule has 2 heterocycles. The Bertz CT molecular complexity index is 816. The Morgan fingerprint density at radius 3 is 2.65 bits per heavy atom. The summed E-state index contributed by atoms with van der Waals surface area (Å²) in [5.41, 5.74) is 0.843. The summed E-state index contributed by atoms with van der Waals surface area (Å²) in [7, 11) is 0. The highest BCUT2D eigenvalue weighted by Crippen LogP contribution is 2.30. The number of nitrogens with zero attached hydrogens (tertiary/aromatic N) is 3. The topological polar surface area (TPSA) is 67.7 Å². The van der Waals surface area contributed by atoms with Gasteiger partial charge in [-0.2, -0.15) is 0 Å². The van der Waals surface area contributed by atoms with Crippen molar-refractivity contribution in [2.24, 2.45) is 0 Å². The molecule has 1 aliphatic carbocycles. The fourth-order valence-corrected chi connectivity index (χ4v) is 3.60. The summed E-state index contributed by atoms with van der Waals surface area (Å²) in [5.74, 6) is 1.53. The molecule has 0 bridgehead atoms. The minimum atomic E-state index is 0.198. The van der Waals surface area contributed by atoms with Crippen molar-refractivity contribution in [3.8, 4) is 16.7 Å². The van der Waals surface area contributed by atoms with E-state index < -0.39 is 0 Å². The molecule has 136 valence electrons. The average Bonchev–Trinajstić information content (AvgIpc) is 3.42. The van der Waals surface area contributed by atoms with E-state index in [0.717, 1.165) is 34.9 Å². The lowest BCUT2D eigenvalue weighted by Crippen LogP contribution is -2.33. The largest absolute Gasteiger partial charge is 0.492 e. The van der Waals surface area contributed by atoms with Gasteiger partial charge in [0.05, 0.1) is 6.61 Å². The van der Waals surface area contributed by atoms with Gasteiger partial charge in [0.1, 0.15) is 28.5 Å². The van der Waals surface area contributed by atoms with E-state index in [2.05, 4.69) is 14.9 Å². The average molecular weight is 371 g/mol. The lowest BCUT2D eigenvalue weighted by Gasteiger charge is -2.20. The Morgan fingerprint density at radius 2 is 1.92 bits per heavy atom. The molecule has 0 unspecified atom stereocenters. The van der Waals surface area contributed by atoms with E-state index in [9.17, 15) is 0 Å². The van der Waals surface area contributed by atoms with Crippen LogP contribution in [0.3, 0.4) is 0 Å². The number of hydrogen-bond donors (Lipinski definition) is 1. The summed E-state index contributed by atoms with van der Waals surface area (Å²) in [6, 6.07) is 12.0. The first-order valence-electron chi connectivity index (χ1n) is 8.79. The van der Waals surface area contributed by atoms with E-state index in [-0.39, 0.29) is 6.61 Å². The van der Waals surface area contributed by atoms with Gasteiger partial charge < -0.3 is 14.6 Å². The second-order valence-corrected chi connectivity index (χ2v) is 7.16. The van der Waals surface area contributed by atoms with Gasteiger partial charge in [-0.15, -0.1) is 0 Å².